The fourth-order valence-electron chi connectivity index (χ4n) is 1.31. The van der Waals surface area contributed by atoms with Crippen molar-refractivity contribution in [2.75, 3.05) is 10.3 Å². The van der Waals surface area contributed by atoms with Gasteiger partial charge in [-0.25, -0.2) is 20.6 Å². The van der Waals surface area contributed by atoms with E-state index in [1.54, 1.807) is 36.5 Å². The van der Waals surface area contributed by atoms with Crippen molar-refractivity contribution in [3.8, 4) is 0 Å². The number of carbonyl (C=O) groups is 1. The number of nitrogens with two attached hydrogens (primary N) is 1. The number of urea groups is 1. The SMILES string of the molecule is NN(C(=O)Nc1ccccc1)c1ccccn1. The van der Waals surface area contributed by atoms with Gasteiger partial charge in [-0.3, -0.25) is 0 Å². The molecule has 2 amide bonds. The summed E-state index contributed by atoms with van der Waals surface area (Å²) in [4.78, 5) is 15.7. The first-order chi connectivity index (χ1) is 8.27. The number of benzene rings is 1. The van der Waals surface area contributed by atoms with Gasteiger partial charge in [0.25, 0.3) is 0 Å². The molecule has 0 aliphatic rings. The summed E-state index contributed by atoms with van der Waals surface area (Å²) >= 11 is 0. The van der Waals surface area contributed by atoms with E-state index in [-0.39, 0.29) is 0 Å². The van der Waals surface area contributed by atoms with Crippen molar-refractivity contribution in [1.82, 2.24) is 4.98 Å². The van der Waals surface area contributed by atoms with Gasteiger partial charge >= 0.3 is 6.03 Å². The minimum atomic E-state index is -0.435. The van der Waals surface area contributed by atoms with Crippen molar-refractivity contribution in [2.24, 2.45) is 5.84 Å². The highest BCUT2D eigenvalue weighted by atomic mass is 16.2. The smallest absolute Gasteiger partial charge is 0.306 e. The summed E-state index contributed by atoms with van der Waals surface area (Å²) in [5.41, 5.74) is 0.684. The van der Waals surface area contributed by atoms with Crippen LogP contribution in [0.15, 0.2) is 54.7 Å². The van der Waals surface area contributed by atoms with Crippen molar-refractivity contribution in [1.29, 1.82) is 0 Å². The predicted octanol–water partition coefficient (Wildman–Crippen LogP) is 1.99. The molecule has 0 atom stereocenters. The van der Waals surface area contributed by atoms with Crippen LogP contribution in [0.2, 0.25) is 0 Å². The lowest BCUT2D eigenvalue weighted by Crippen LogP contribution is -2.41. The van der Waals surface area contributed by atoms with Gasteiger partial charge in [-0.2, -0.15) is 0 Å². The Morgan fingerprint density at radius 2 is 1.82 bits per heavy atom. The van der Waals surface area contributed by atoms with Gasteiger partial charge in [0.15, 0.2) is 5.82 Å². The topological polar surface area (TPSA) is 71.2 Å². The van der Waals surface area contributed by atoms with Crippen LogP contribution in [-0.4, -0.2) is 11.0 Å². The molecule has 0 fully saturated rings. The number of aromatic nitrogens is 1. The maximum absolute atomic E-state index is 11.8. The standard InChI is InChI=1S/C12H12N4O/c13-16(11-8-4-5-9-14-11)12(17)15-10-6-2-1-3-7-10/h1-9H,13H2,(H,15,17). The number of hydrazine groups is 1. The van der Waals surface area contributed by atoms with E-state index in [2.05, 4.69) is 10.3 Å². The number of hydrogen-bond acceptors (Lipinski definition) is 3. The molecule has 0 saturated carbocycles. The molecule has 0 aliphatic carbocycles. The molecular formula is C12H12N4O. The highest BCUT2D eigenvalue weighted by molar-refractivity contribution is 6.00. The number of para-hydroxylation sites is 1. The lowest BCUT2D eigenvalue weighted by Gasteiger charge is -2.15. The van der Waals surface area contributed by atoms with E-state index in [1.165, 1.54) is 0 Å². The van der Waals surface area contributed by atoms with Crippen LogP contribution in [0.3, 0.4) is 0 Å². The number of anilines is 2. The Balaban J connectivity index is 2.06. The molecular weight excluding hydrogens is 216 g/mol. The largest absolute Gasteiger partial charge is 0.342 e. The van der Waals surface area contributed by atoms with E-state index >= 15 is 0 Å². The quantitative estimate of drug-likeness (QED) is 0.469. The van der Waals surface area contributed by atoms with Crippen molar-refractivity contribution in [3.63, 3.8) is 0 Å². The van der Waals surface area contributed by atoms with Crippen molar-refractivity contribution < 1.29 is 4.79 Å². The average Bonchev–Trinajstić information content (AvgIpc) is 2.40. The summed E-state index contributed by atoms with van der Waals surface area (Å²) in [6.45, 7) is 0. The normalized spacial score (nSPS) is 9.71. The molecule has 0 spiro atoms. The summed E-state index contributed by atoms with van der Waals surface area (Å²) in [5.74, 6) is 6.03. The number of amides is 2. The second-order valence-electron chi connectivity index (χ2n) is 3.35. The number of hydrogen-bond donors (Lipinski definition) is 2. The van der Waals surface area contributed by atoms with E-state index in [4.69, 9.17) is 5.84 Å². The van der Waals surface area contributed by atoms with E-state index in [1.807, 2.05) is 18.2 Å². The van der Waals surface area contributed by atoms with Crippen LogP contribution in [0.5, 0.6) is 0 Å². The van der Waals surface area contributed by atoms with Crippen LogP contribution in [0, 0.1) is 0 Å². The molecule has 0 saturated heterocycles. The van der Waals surface area contributed by atoms with Gasteiger partial charge in [0.2, 0.25) is 0 Å². The van der Waals surface area contributed by atoms with E-state index in [0.29, 0.717) is 11.5 Å². The molecule has 17 heavy (non-hydrogen) atoms. The van der Waals surface area contributed by atoms with Crippen molar-refractivity contribution in [3.05, 3.63) is 54.7 Å². The third-order valence-electron chi connectivity index (χ3n) is 2.14. The Kier molecular flexibility index (Phi) is 3.32. The molecule has 5 nitrogen and oxygen atoms in total. The summed E-state index contributed by atoms with van der Waals surface area (Å²) < 4.78 is 0. The zero-order valence-corrected chi connectivity index (χ0v) is 9.08. The second-order valence-corrected chi connectivity index (χ2v) is 3.35. The molecule has 86 valence electrons. The summed E-state index contributed by atoms with van der Waals surface area (Å²) in [5, 5.41) is 3.63. The van der Waals surface area contributed by atoms with Crippen LogP contribution in [0.4, 0.5) is 16.3 Å². The Hall–Kier alpha value is -2.40. The Morgan fingerprint density at radius 1 is 1.12 bits per heavy atom. The van der Waals surface area contributed by atoms with Gasteiger partial charge in [-0.05, 0) is 24.3 Å². The maximum Gasteiger partial charge on any atom is 0.342 e. The number of rotatable bonds is 2. The van der Waals surface area contributed by atoms with Crippen molar-refractivity contribution in [2.45, 2.75) is 0 Å². The first-order valence-corrected chi connectivity index (χ1v) is 5.09. The lowest BCUT2D eigenvalue weighted by molar-refractivity contribution is 0.257. The summed E-state index contributed by atoms with van der Waals surface area (Å²) in [7, 11) is 0. The molecule has 0 radical (unpaired) electrons. The lowest BCUT2D eigenvalue weighted by atomic mass is 10.3. The van der Waals surface area contributed by atoms with Crippen LogP contribution in [0.1, 0.15) is 0 Å². The molecule has 0 aliphatic heterocycles. The minimum Gasteiger partial charge on any atom is -0.306 e. The Morgan fingerprint density at radius 3 is 2.47 bits per heavy atom. The molecule has 1 aromatic carbocycles. The fourth-order valence-corrected chi connectivity index (χ4v) is 1.31. The van der Waals surface area contributed by atoms with Crippen LogP contribution >= 0.6 is 0 Å². The molecule has 2 rings (SSSR count). The first-order valence-electron chi connectivity index (χ1n) is 5.09. The molecule has 3 N–H and O–H groups in total. The molecule has 0 unspecified atom stereocenters. The molecule has 1 aromatic heterocycles. The maximum atomic E-state index is 11.8. The fraction of sp³-hybridized carbons (Fsp3) is 0. The first kappa shape index (κ1) is 11.1. The van der Waals surface area contributed by atoms with Crippen LogP contribution in [-0.2, 0) is 0 Å². The van der Waals surface area contributed by atoms with E-state index < -0.39 is 6.03 Å². The van der Waals surface area contributed by atoms with Gasteiger partial charge in [-0.15, -0.1) is 0 Å². The number of nitrogens with zero attached hydrogens (tertiary/aromatic N) is 2. The molecule has 0 bridgehead atoms. The van der Waals surface area contributed by atoms with Crippen LogP contribution in [0.25, 0.3) is 0 Å². The van der Waals surface area contributed by atoms with Gasteiger partial charge in [-0.1, -0.05) is 24.3 Å². The van der Waals surface area contributed by atoms with Gasteiger partial charge in [0.05, 0.1) is 0 Å². The third kappa shape index (κ3) is 2.79. The summed E-state index contributed by atoms with van der Waals surface area (Å²) in [6.07, 6.45) is 1.57. The molecule has 5 heteroatoms. The highest BCUT2D eigenvalue weighted by Crippen LogP contribution is 2.09. The number of pyridine rings is 1. The Labute approximate surface area is 98.9 Å². The third-order valence-corrected chi connectivity index (χ3v) is 2.14. The minimum absolute atomic E-state index is 0.390. The highest BCUT2D eigenvalue weighted by Gasteiger charge is 2.11. The van der Waals surface area contributed by atoms with E-state index in [0.717, 1.165) is 5.01 Å². The second kappa shape index (κ2) is 5.09. The zero-order valence-electron chi connectivity index (χ0n) is 9.08. The van der Waals surface area contributed by atoms with Crippen LogP contribution < -0.4 is 16.2 Å². The number of carbonyl (C=O) groups excluding carboxylic acids is 1. The van der Waals surface area contributed by atoms with E-state index in [9.17, 15) is 4.79 Å². The Bertz CT molecular complexity index is 486. The number of nitrogens with one attached hydrogen (secondary N) is 1. The average molecular weight is 228 g/mol. The van der Waals surface area contributed by atoms with Gasteiger partial charge in [0.1, 0.15) is 0 Å². The van der Waals surface area contributed by atoms with Gasteiger partial charge < -0.3 is 5.32 Å². The predicted molar refractivity (Wildman–Crippen MR) is 66.4 cm³/mol. The zero-order chi connectivity index (χ0) is 12.1. The molecule has 2 aromatic rings. The monoisotopic (exact) mass is 228 g/mol. The summed E-state index contributed by atoms with van der Waals surface area (Å²) in [6, 6.07) is 13.8. The van der Waals surface area contributed by atoms with Gasteiger partial charge in [0, 0.05) is 11.9 Å². The molecule has 1 heterocycles. The van der Waals surface area contributed by atoms with Crippen molar-refractivity contribution >= 4 is 17.5 Å².